The van der Waals surface area contributed by atoms with Crippen LogP contribution in [-0.2, 0) is 25.7 Å². The third-order valence-corrected chi connectivity index (χ3v) is 8.14. The number of nitrogens with zero attached hydrogens (tertiary/aromatic N) is 4. The van der Waals surface area contributed by atoms with Gasteiger partial charge in [-0.05, 0) is 61.2 Å². The molecule has 2 N–H and O–H groups in total. The normalized spacial score (nSPS) is 21.5. The zero-order valence-electron chi connectivity index (χ0n) is 25.7. The number of aromatic nitrogens is 1. The molecule has 3 atom stereocenters. The Morgan fingerprint density at radius 2 is 1.75 bits per heavy atom. The first kappa shape index (κ1) is 32.4. The molecule has 1 aromatic carbocycles. The van der Waals surface area contributed by atoms with Crippen molar-refractivity contribution in [1.29, 1.82) is 0 Å². The molecule has 5 rings (SSSR count). The second kappa shape index (κ2) is 15.3. The zero-order chi connectivity index (χ0) is 31.6. The summed E-state index contributed by atoms with van der Waals surface area (Å²) >= 11 is 0. The van der Waals surface area contributed by atoms with Gasteiger partial charge in [0.15, 0.2) is 0 Å². The number of hydrogen-bond donors (Lipinski definition) is 2. The Hall–Kier alpha value is -4.48. The van der Waals surface area contributed by atoms with Crippen LogP contribution in [0.25, 0.3) is 0 Å². The molecular formula is C32H42N6O6. The van der Waals surface area contributed by atoms with E-state index < -0.39 is 11.9 Å². The molecule has 0 spiro atoms. The fraction of sp³-hybridized carbons (Fsp3) is 0.500. The highest BCUT2D eigenvalue weighted by Gasteiger charge is 2.37. The van der Waals surface area contributed by atoms with Gasteiger partial charge in [0.05, 0.1) is 12.6 Å². The van der Waals surface area contributed by atoms with Crippen molar-refractivity contribution >= 4 is 29.5 Å². The number of carbonyl (C=O) groups excluding carboxylic acids is 5. The molecule has 0 saturated carbocycles. The van der Waals surface area contributed by atoms with Crippen LogP contribution in [0.3, 0.4) is 0 Å². The zero-order valence-corrected chi connectivity index (χ0v) is 25.7. The molecule has 5 amide bonds. The first-order chi connectivity index (χ1) is 21.2. The molecule has 3 aliphatic rings. The minimum absolute atomic E-state index is 0.0443. The van der Waals surface area contributed by atoms with Gasteiger partial charge in [0.2, 0.25) is 23.6 Å². The highest BCUT2D eigenvalue weighted by molar-refractivity contribution is 5.97. The van der Waals surface area contributed by atoms with E-state index in [-0.39, 0.29) is 68.3 Å². The van der Waals surface area contributed by atoms with Crippen LogP contribution in [0.4, 0.5) is 0 Å². The van der Waals surface area contributed by atoms with Gasteiger partial charge < -0.3 is 30.1 Å². The summed E-state index contributed by atoms with van der Waals surface area (Å²) in [5, 5.41) is 5.90. The van der Waals surface area contributed by atoms with E-state index in [1.54, 1.807) is 67.8 Å². The predicted octanol–water partition coefficient (Wildman–Crippen LogP) is 1.75. The smallest absolute Gasteiger partial charge is 0.254 e. The number of hydrogen-bond acceptors (Lipinski definition) is 7. The lowest BCUT2D eigenvalue weighted by Crippen LogP contribution is -2.48. The van der Waals surface area contributed by atoms with E-state index >= 15 is 0 Å². The SMILES string of the molecule is CCCCC(=O)N[C@@H]1C[C@H]2COc3ccc(cc3)C(=O)N(C)[C@H](C(=O)NCc3ccncc3)CCC(=O)N(C)CC(=O)N2C1. The lowest BCUT2D eigenvalue weighted by molar-refractivity contribution is -0.140. The van der Waals surface area contributed by atoms with Gasteiger partial charge >= 0.3 is 0 Å². The van der Waals surface area contributed by atoms with Crippen molar-refractivity contribution in [2.45, 2.75) is 70.1 Å². The van der Waals surface area contributed by atoms with Crippen molar-refractivity contribution in [2.75, 3.05) is 33.8 Å². The molecule has 4 heterocycles. The molecule has 3 aliphatic heterocycles. The summed E-state index contributed by atoms with van der Waals surface area (Å²) in [6.07, 6.45) is 5.95. The number of nitrogens with one attached hydrogen (secondary N) is 2. The summed E-state index contributed by atoms with van der Waals surface area (Å²) in [4.78, 5) is 74.2. The van der Waals surface area contributed by atoms with Gasteiger partial charge in [-0.15, -0.1) is 0 Å². The number of pyridine rings is 1. The maximum atomic E-state index is 13.5. The molecular weight excluding hydrogens is 564 g/mol. The average molecular weight is 607 g/mol. The Kier molecular flexibility index (Phi) is 11.3. The van der Waals surface area contributed by atoms with Gasteiger partial charge in [-0.1, -0.05) is 13.3 Å². The topological polar surface area (TPSA) is 141 Å². The Bertz CT molecular complexity index is 1320. The highest BCUT2D eigenvalue weighted by Crippen LogP contribution is 2.22. The molecule has 44 heavy (non-hydrogen) atoms. The van der Waals surface area contributed by atoms with E-state index in [0.717, 1.165) is 18.4 Å². The quantitative estimate of drug-likeness (QED) is 0.489. The van der Waals surface area contributed by atoms with Gasteiger partial charge in [0, 0.05) is 64.0 Å². The molecule has 1 aromatic heterocycles. The maximum Gasteiger partial charge on any atom is 0.254 e. The van der Waals surface area contributed by atoms with Gasteiger partial charge in [-0.25, -0.2) is 0 Å². The van der Waals surface area contributed by atoms with Gasteiger partial charge in [0.1, 0.15) is 18.4 Å². The average Bonchev–Trinajstić information content (AvgIpc) is 3.44. The van der Waals surface area contributed by atoms with E-state index in [4.69, 9.17) is 4.74 Å². The summed E-state index contributed by atoms with van der Waals surface area (Å²) in [5.41, 5.74) is 1.21. The molecule has 0 unspecified atom stereocenters. The standard InChI is InChI=1S/C32H42N6O6/c1-4-5-6-28(39)35-24-17-25-21-44-26-9-7-23(8-10-26)32(43)37(3)27(31(42)34-18-22-13-15-33-16-14-22)11-12-29(40)36(2)20-30(41)38(25)19-24/h7-10,13-16,24-25,27H,4-6,11-12,17-21H2,1-3H3,(H,34,42)(H,35,39)/t24-,25+,27+/m1/s1. The number of unbranched alkanes of at least 4 members (excludes halogenated alkanes) is 1. The lowest BCUT2D eigenvalue weighted by atomic mass is 10.1. The van der Waals surface area contributed by atoms with Crippen LogP contribution in [0.15, 0.2) is 48.8 Å². The number of likely N-dealkylation sites (N-methyl/N-ethyl adjacent to an activating group) is 2. The number of fused-ring (bicyclic) bond motifs is 11. The van der Waals surface area contributed by atoms with Crippen molar-refractivity contribution in [2.24, 2.45) is 0 Å². The van der Waals surface area contributed by atoms with Crippen LogP contribution >= 0.6 is 0 Å². The van der Waals surface area contributed by atoms with E-state index in [1.807, 2.05) is 6.92 Å². The lowest BCUT2D eigenvalue weighted by Gasteiger charge is -2.28. The van der Waals surface area contributed by atoms with Crippen LogP contribution in [-0.4, -0.2) is 101 Å². The fourth-order valence-corrected chi connectivity index (χ4v) is 5.49. The minimum atomic E-state index is -0.927. The first-order valence-corrected chi connectivity index (χ1v) is 15.2. The summed E-state index contributed by atoms with van der Waals surface area (Å²) < 4.78 is 6.03. The monoisotopic (exact) mass is 606 g/mol. The van der Waals surface area contributed by atoms with Crippen molar-refractivity contribution in [3.63, 3.8) is 0 Å². The molecule has 0 radical (unpaired) electrons. The Balaban J connectivity index is 1.52. The van der Waals surface area contributed by atoms with Crippen molar-refractivity contribution in [3.05, 3.63) is 59.9 Å². The van der Waals surface area contributed by atoms with E-state index in [2.05, 4.69) is 15.6 Å². The molecule has 1 fully saturated rings. The fourth-order valence-electron chi connectivity index (χ4n) is 5.49. The number of ether oxygens (including phenoxy) is 1. The highest BCUT2D eigenvalue weighted by atomic mass is 16.5. The summed E-state index contributed by atoms with van der Waals surface area (Å²) in [5.74, 6) is -0.861. The van der Waals surface area contributed by atoms with Crippen molar-refractivity contribution in [3.8, 4) is 5.75 Å². The molecule has 0 aliphatic carbocycles. The Morgan fingerprint density at radius 3 is 2.45 bits per heavy atom. The molecule has 1 saturated heterocycles. The first-order valence-electron chi connectivity index (χ1n) is 15.2. The molecule has 236 valence electrons. The second-order valence-corrected chi connectivity index (χ2v) is 11.4. The minimum Gasteiger partial charge on any atom is -0.491 e. The van der Waals surface area contributed by atoms with Crippen LogP contribution < -0.4 is 15.4 Å². The van der Waals surface area contributed by atoms with Crippen LogP contribution in [0.1, 0.15) is 61.4 Å². The van der Waals surface area contributed by atoms with Gasteiger partial charge in [0.25, 0.3) is 5.91 Å². The number of amides is 5. The van der Waals surface area contributed by atoms with Crippen molar-refractivity contribution in [1.82, 2.24) is 30.3 Å². The maximum absolute atomic E-state index is 13.5. The van der Waals surface area contributed by atoms with E-state index in [0.29, 0.717) is 30.7 Å². The van der Waals surface area contributed by atoms with Crippen LogP contribution in [0.5, 0.6) is 5.75 Å². The largest absolute Gasteiger partial charge is 0.491 e. The predicted molar refractivity (Wildman–Crippen MR) is 162 cm³/mol. The molecule has 12 nitrogen and oxygen atoms in total. The third kappa shape index (κ3) is 8.55. The summed E-state index contributed by atoms with van der Waals surface area (Å²) in [7, 11) is 3.09. The summed E-state index contributed by atoms with van der Waals surface area (Å²) in [6.45, 7) is 2.62. The summed E-state index contributed by atoms with van der Waals surface area (Å²) in [6, 6.07) is 8.73. The second-order valence-electron chi connectivity index (χ2n) is 11.4. The molecule has 2 aromatic rings. The number of benzene rings is 1. The number of carbonyl (C=O) groups is 5. The molecule has 12 heteroatoms. The van der Waals surface area contributed by atoms with Crippen LogP contribution in [0, 0.1) is 0 Å². The van der Waals surface area contributed by atoms with E-state index in [1.165, 1.54) is 9.80 Å². The van der Waals surface area contributed by atoms with Gasteiger partial charge in [-0.3, -0.25) is 29.0 Å². The Labute approximate surface area is 258 Å². The Morgan fingerprint density at radius 1 is 1.02 bits per heavy atom. The van der Waals surface area contributed by atoms with E-state index in [9.17, 15) is 24.0 Å². The van der Waals surface area contributed by atoms with Crippen LogP contribution in [0.2, 0.25) is 0 Å². The number of rotatable bonds is 7. The van der Waals surface area contributed by atoms with Gasteiger partial charge in [-0.2, -0.15) is 0 Å². The third-order valence-electron chi connectivity index (χ3n) is 8.14. The van der Waals surface area contributed by atoms with Crippen molar-refractivity contribution < 1.29 is 28.7 Å². The molecule has 2 bridgehead atoms.